The van der Waals surface area contributed by atoms with Gasteiger partial charge in [-0.25, -0.2) is 4.98 Å². The lowest BCUT2D eigenvalue weighted by atomic mass is 10.2. The molecule has 2 rings (SSSR count). The van der Waals surface area contributed by atoms with E-state index in [0.717, 1.165) is 15.8 Å². The van der Waals surface area contributed by atoms with Crippen LogP contribution in [0.2, 0.25) is 0 Å². The monoisotopic (exact) mass is 325 g/mol. The maximum Gasteiger partial charge on any atom is 0.270 e. The summed E-state index contributed by atoms with van der Waals surface area (Å²) < 4.78 is 2.64. The van der Waals surface area contributed by atoms with E-state index in [0.29, 0.717) is 12.1 Å². The van der Waals surface area contributed by atoms with E-state index in [9.17, 15) is 9.90 Å². The molecule has 1 amide bonds. The Morgan fingerprint density at radius 3 is 2.95 bits per heavy atom. The molecule has 2 N–H and O–H groups in total. The molecule has 0 aliphatic heterocycles. The van der Waals surface area contributed by atoms with Crippen LogP contribution < -0.4 is 5.32 Å². The molecule has 0 fully saturated rings. The van der Waals surface area contributed by atoms with Gasteiger partial charge in [0.2, 0.25) is 0 Å². The van der Waals surface area contributed by atoms with Gasteiger partial charge in [0, 0.05) is 17.2 Å². The Kier molecular flexibility index (Phi) is 4.21. The number of aliphatic hydroxyl groups excluding tert-OH is 1. The summed E-state index contributed by atoms with van der Waals surface area (Å²) in [4.78, 5) is 16.7. The summed E-state index contributed by atoms with van der Waals surface area (Å²) in [5, 5.41) is 11.9. The van der Waals surface area contributed by atoms with Gasteiger partial charge in [-0.2, -0.15) is 0 Å². The van der Waals surface area contributed by atoms with Crippen molar-refractivity contribution < 1.29 is 9.90 Å². The number of carbonyl (C=O) groups is 1. The highest BCUT2D eigenvalue weighted by Gasteiger charge is 2.18. The molecular weight excluding hydrogens is 310 g/mol. The van der Waals surface area contributed by atoms with Gasteiger partial charge in [-0.05, 0) is 41.4 Å². The fourth-order valence-corrected chi connectivity index (χ4v) is 2.22. The maximum atomic E-state index is 12.2. The number of aryl methyl sites for hydroxylation is 1. The number of imidazole rings is 1. The molecular formula is C13H16BrN3O2. The van der Waals surface area contributed by atoms with E-state index in [1.165, 1.54) is 0 Å². The van der Waals surface area contributed by atoms with Crippen LogP contribution in [0.1, 0.15) is 30.0 Å². The molecule has 0 saturated carbocycles. The van der Waals surface area contributed by atoms with E-state index in [1.54, 1.807) is 11.3 Å². The maximum absolute atomic E-state index is 12.2. The highest BCUT2D eigenvalue weighted by molar-refractivity contribution is 9.10. The smallest absolute Gasteiger partial charge is 0.270 e. The van der Waals surface area contributed by atoms with Crippen LogP contribution >= 0.6 is 15.9 Å². The van der Waals surface area contributed by atoms with Crippen molar-refractivity contribution in [3.05, 3.63) is 34.2 Å². The second-order valence-corrected chi connectivity index (χ2v) is 5.31. The number of nitrogens with one attached hydrogen (secondary N) is 1. The van der Waals surface area contributed by atoms with Gasteiger partial charge in [-0.15, -0.1) is 0 Å². The highest BCUT2D eigenvalue weighted by atomic mass is 79.9. The number of rotatable bonds is 4. The van der Waals surface area contributed by atoms with E-state index in [2.05, 4.69) is 26.2 Å². The molecule has 2 aromatic rings. The molecule has 102 valence electrons. The molecule has 0 aliphatic rings. The van der Waals surface area contributed by atoms with E-state index >= 15 is 0 Å². The summed E-state index contributed by atoms with van der Waals surface area (Å²) in [6.45, 7) is 3.82. The number of nitrogens with zero attached hydrogens (tertiary/aromatic N) is 2. The molecule has 2 aromatic heterocycles. The number of aliphatic hydroxyl groups is 1. The summed E-state index contributed by atoms with van der Waals surface area (Å²) in [5.74, 6) is -0.219. The van der Waals surface area contributed by atoms with Crippen molar-refractivity contribution in [3.63, 3.8) is 0 Å². The summed E-state index contributed by atoms with van der Waals surface area (Å²) >= 11 is 3.39. The van der Waals surface area contributed by atoms with Gasteiger partial charge >= 0.3 is 0 Å². The van der Waals surface area contributed by atoms with Crippen molar-refractivity contribution in [1.82, 2.24) is 14.7 Å². The molecule has 0 saturated heterocycles. The van der Waals surface area contributed by atoms with E-state index in [-0.39, 0.29) is 12.5 Å². The Hall–Kier alpha value is -1.40. The Morgan fingerprint density at radius 2 is 2.32 bits per heavy atom. The Morgan fingerprint density at radius 1 is 1.58 bits per heavy atom. The number of halogens is 1. The van der Waals surface area contributed by atoms with E-state index < -0.39 is 6.10 Å². The minimum atomic E-state index is -0.569. The van der Waals surface area contributed by atoms with Crippen molar-refractivity contribution in [1.29, 1.82) is 0 Å². The molecule has 19 heavy (non-hydrogen) atoms. The third kappa shape index (κ3) is 2.96. The molecule has 1 atom stereocenters. The average Bonchev–Trinajstić information content (AvgIpc) is 2.73. The zero-order chi connectivity index (χ0) is 14.0. The molecule has 0 spiro atoms. The van der Waals surface area contributed by atoms with Crippen molar-refractivity contribution in [2.45, 2.75) is 26.4 Å². The Labute approximate surface area is 119 Å². The van der Waals surface area contributed by atoms with Gasteiger partial charge in [0.1, 0.15) is 11.3 Å². The molecule has 0 bridgehead atoms. The van der Waals surface area contributed by atoms with Gasteiger partial charge in [-0.3, -0.25) is 9.20 Å². The molecule has 0 aliphatic carbocycles. The standard InChI is InChI=1S/C13H16BrN3O2/c1-3-10-12(13(19)15-6-8(2)18)17-7-9(14)4-5-11(17)16-10/h4-5,7-8,18H,3,6H2,1-2H3,(H,15,19). The van der Waals surface area contributed by atoms with Crippen molar-refractivity contribution in [2.75, 3.05) is 6.54 Å². The topological polar surface area (TPSA) is 66.6 Å². The molecule has 1 unspecified atom stereocenters. The number of fused-ring (bicyclic) bond motifs is 1. The largest absolute Gasteiger partial charge is 0.392 e. The average molecular weight is 326 g/mol. The number of pyridine rings is 1. The summed E-state index contributed by atoms with van der Waals surface area (Å²) in [7, 11) is 0. The van der Waals surface area contributed by atoms with Crippen LogP contribution in [0.3, 0.4) is 0 Å². The van der Waals surface area contributed by atoms with Gasteiger partial charge in [0.15, 0.2) is 0 Å². The van der Waals surface area contributed by atoms with Crippen LogP contribution in [0.25, 0.3) is 5.65 Å². The third-order valence-electron chi connectivity index (χ3n) is 2.76. The summed E-state index contributed by atoms with van der Waals surface area (Å²) in [6.07, 6.45) is 1.93. The normalized spacial score (nSPS) is 12.6. The quantitative estimate of drug-likeness (QED) is 0.900. The summed E-state index contributed by atoms with van der Waals surface area (Å²) in [5.41, 5.74) is 2.02. The lowest BCUT2D eigenvalue weighted by Gasteiger charge is -2.08. The number of hydrogen-bond donors (Lipinski definition) is 2. The number of carbonyl (C=O) groups excluding carboxylic acids is 1. The predicted octanol–water partition coefficient (Wildman–Crippen LogP) is 1.77. The molecule has 6 heteroatoms. The first-order valence-electron chi connectivity index (χ1n) is 6.15. The Bertz CT molecular complexity index is 607. The fourth-order valence-electron chi connectivity index (χ4n) is 1.88. The van der Waals surface area contributed by atoms with Crippen LogP contribution in [0.4, 0.5) is 0 Å². The molecule has 2 heterocycles. The van der Waals surface area contributed by atoms with Gasteiger partial charge in [0.25, 0.3) is 5.91 Å². The van der Waals surface area contributed by atoms with Crippen molar-refractivity contribution >= 4 is 27.5 Å². The Balaban J connectivity index is 2.44. The number of aromatic nitrogens is 2. The van der Waals surface area contributed by atoms with Gasteiger partial charge in [0.05, 0.1) is 11.8 Å². The predicted molar refractivity (Wildman–Crippen MR) is 76.3 cm³/mol. The summed E-state index contributed by atoms with van der Waals surface area (Å²) in [6, 6.07) is 3.74. The van der Waals surface area contributed by atoms with Crippen LogP contribution in [-0.4, -0.2) is 33.0 Å². The van der Waals surface area contributed by atoms with Gasteiger partial charge in [-0.1, -0.05) is 6.92 Å². The first-order chi connectivity index (χ1) is 9.02. The minimum Gasteiger partial charge on any atom is -0.392 e. The first kappa shape index (κ1) is 14.0. The van der Waals surface area contributed by atoms with E-state index in [4.69, 9.17) is 0 Å². The second-order valence-electron chi connectivity index (χ2n) is 4.40. The third-order valence-corrected chi connectivity index (χ3v) is 3.23. The van der Waals surface area contributed by atoms with Crippen LogP contribution in [-0.2, 0) is 6.42 Å². The molecule has 0 radical (unpaired) electrons. The molecule has 5 nitrogen and oxygen atoms in total. The number of amides is 1. The van der Waals surface area contributed by atoms with Crippen molar-refractivity contribution in [2.24, 2.45) is 0 Å². The van der Waals surface area contributed by atoms with E-state index in [1.807, 2.05) is 25.3 Å². The van der Waals surface area contributed by atoms with Gasteiger partial charge < -0.3 is 10.4 Å². The van der Waals surface area contributed by atoms with Crippen LogP contribution in [0.15, 0.2) is 22.8 Å². The molecule has 0 aromatic carbocycles. The van der Waals surface area contributed by atoms with Crippen molar-refractivity contribution in [3.8, 4) is 0 Å². The highest BCUT2D eigenvalue weighted by Crippen LogP contribution is 2.17. The minimum absolute atomic E-state index is 0.219. The zero-order valence-corrected chi connectivity index (χ0v) is 12.4. The van der Waals surface area contributed by atoms with Crippen LogP contribution in [0, 0.1) is 0 Å². The lowest BCUT2D eigenvalue weighted by Crippen LogP contribution is -2.32. The van der Waals surface area contributed by atoms with Crippen LogP contribution in [0.5, 0.6) is 0 Å². The first-order valence-corrected chi connectivity index (χ1v) is 6.95. The SMILES string of the molecule is CCc1nc2ccc(Br)cn2c1C(=O)NCC(C)O. The second kappa shape index (κ2) is 5.71. The number of hydrogen-bond acceptors (Lipinski definition) is 3. The fraction of sp³-hybridized carbons (Fsp3) is 0.385. The lowest BCUT2D eigenvalue weighted by molar-refractivity contribution is 0.0917. The zero-order valence-electron chi connectivity index (χ0n) is 10.9.